The molecule has 3 rings (SSSR count). The molecule has 2 aliphatic rings. The van der Waals surface area contributed by atoms with E-state index in [4.69, 9.17) is 4.74 Å². The number of aryl methyl sites for hydroxylation is 1. The maximum atomic E-state index is 5.75. The molecule has 0 aromatic heterocycles. The Bertz CT molecular complexity index is 570. The van der Waals surface area contributed by atoms with E-state index in [2.05, 4.69) is 46.8 Å². The van der Waals surface area contributed by atoms with Crippen molar-refractivity contribution in [1.82, 2.24) is 0 Å². The van der Waals surface area contributed by atoms with Crippen molar-refractivity contribution in [3.05, 3.63) is 28.8 Å². The fraction of sp³-hybridized carbons (Fsp3) is 0.714. The Hall–Kier alpha value is -0.980. The molecule has 0 heterocycles. The summed E-state index contributed by atoms with van der Waals surface area (Å²) in [4.78, 5) is 0. The first-order chi connectivity index (χ1) is 10.3. The first-order valence-corrected chi connectivity index (χ1v) is 9.01. The Kier molecular flexibility index (Phi) is 3.82. The van der Waals surface area contributed by atoms with E-state index in [1.807, 2.05) is 7.11 Å². The minimum Gasteiger partial charge on any atom is -0.496 e. The summed E-state index contributed by atoms with van der Waals surface area (Å²) >= 11 is 0. The van der Waals surface area contributed by atoms with Crippen LogP contribution in [0.3, 0.4) is 0 Å². The summed E-state index contributed by atoms with van der Waals surface area (Å²) in [5.41, 5.74) is 5.34. The number of methoxy groups -OCH3 is 1. The van der Waals surface area contributed by atoms with Gasteiger partial charge in [0.05, 0.1) is 7.11 Å². The Morgan fingerprint density at radius 2 is 1.86 bits per heavy atom. The molecule has 1 saturated carbocycles. The van der Waals surface area contributed by atoms with Crippen LogP contribution in [0.1, 0.15) is 82.9 Å². The number of benzene rings is 1. The zero-order chi connectivity index (χ0) is 16.1. The third-order valence-electron chi connectivity index (χ3n) is 6.62. The monoisotopic (exact) mass is 300 g/mol. The van der Waals surface area contributed by atoms with Crippen molar-refractivity contribution in [2.45, 2.75) is 78.1 Å². The van der Waals surface area contributed by atoms with E-state index in [1.54, 1.807) is 11.1 Å². The van der Waals surface area contributed by atoms with Crippen molar-refractivity contribution < 1.29 is 4.74 Å². The van der Waals surface area contributed by atoms with E-state index in [1.165, 1.54) is 37.7 Å². The molecule has 0 bridgehead atoms. The van der Waals surface area contributed by atoms with Crippen molar-refractivity contribution in [1.29, 1.82) is 0 Å². The standard InChI is InChI=1S/C21H32O/c1-14(2)16-12-15-8-9-19-20(3,4)10-7-11-21(19,5)17(15)13-18(16)22-6/h12-14,19H,7-11H2,1-6H3. The van der Waals surface area contributed by atoms with E-state index in [0.29, 0.717) is 16.7 Å². The number of rotatable bonds is 2. The minimum absolute atomic E-state index is 0.331. The molecule has 1 heteroatoms. The highest BCUT2D eigenvalue weighted by molar-refractivity contribution is 5.49. The van der Waals surface area contributed by atoms with Gasteiger partial charge in [-0.25, -0.2) is 0 Å². The van der Waals surface area contributed by atoms with Crippen LogP contribution in [-0.4, -0.2) is 7.11 Å². The Balaban J connectivity index is 2.14. The van der Waals surface area contributed by atoms with E-state index >= 15 is 0 Å². The van der Waals surface area contributed by atoms with E-state index in [0.717, 1.165) is 11.7 Å². The van der Waals surface area contributed by atoms with Crippen LogP contribution < -0.4 is 4.74 Å². The van der Waals surface area contributed by atoms with Crippen molar-refractivity contribution in [3.63, 3.8) is 0 Å². The Morgan fingerprint density at radius 1 is 1.14 bits per heavy atom. The van der Waals surface area contributed by atoms with Crippen LogP contribution >= 0.6 is 0 Å². The van der Waals surface area contributed by atoms with Crippen LogP contribution in [0.4, 0.5) is 0 Å². The molecular weight excluding hydrogens is 268 g/mol. The van der Waals surface area contributed by atoms with Gasteiger partial charge >= 0.3 is 0 Å². The topological polar surface area (TPSA) is 9.23 Å². The average Bonchev–Trinajstić information content (AvgIpc) is 2.45. The molecule has 2 aliphatic carbocycles. The molecule has 22 heavy (non-hydrogen) atoms. The largest absolute Gasteiger partial charge is 0.496 e. The van der Waals surface area contributed by atoms with Crippen LogP contribution in [0.25, 0.3) is 0 Å². The quantitative estimate of drug-likeness (QED) is 0.666. The smallest absolute Gasteiger partial charge is 0.122 e. The van der Waals surface area contributed by atoms with Crippen LogP contribution in [0.2, 0.25) is 0 Å². The van der Waals surface area contributed by atoms with E-state index in [9.17, 15) is 0 Å². The van der Waals surface area contributed by atoms with Gasteiger partial charge in [0.15, 0.2) is 0 Å². The fourth-order valence-electron chi connectivity index (χ4n) is 5.46. The van der Waals surface area contributed by atoms with Gasteiger partial charge in [-0.05, 0) is 71.1 Å². The van der Waals surface area contributed by atoms with Gasteiger partial charge in [-0.3, -0.25) is 0 Å². The molecular formula is C21H32O. The molecule has 0 saturated heterocycles. The van der Waals surface area contributed by atoms with Gasteiger partial charge in [-0.15, -0.1) is 0 Å². The van der Waals surface area contributed by atoms with Gasteiger partial charge in [-0.1, -0.05) is 47.1 Å². The molecule has 1 fully saturated rings. The highest BCUT2D eigenvalue weighted by atomic mass is 16.5. The van der Waals surface area contributed by atoms with Crippen LogP contribution in [-0.2, 0) is 11.8 Å². The summed E-state index contributed by atoms with van der Waals surface area (Å²) in [7, 11) is 1.82. The first-order valence-electron chi connectivity index (χ1n) is 9.01. The lowest BCUT2D eigenvalue weighted by Crippen LogP contribution is -2.47. The lowest BCUT2D eigenvalue weighted by atomic mass is 9.50. The molecule has 2 atom stereocenters. The lowest BCUT2D eigenvalue weighted by molar-refractivity contribution is 0.0405. The summed E-state index contributed by atoms with van der Waals surface area (Å²) in [6.45, 7) is 12.0. The highest BCUT2D eigenvalue weighted by Crippen LogP contribution is 2.57. The second-order valence-corrected chi connectivity index (χ2v) is 8.76. The van der Waals surface area contributed by atoms with Crippen LogP contribution in [0.15, 0.2) is 12.1 Å². The maximum absolute atomic E-state index is 5.75. The minimum atomic E-state index is 0.331. The molecule has 2 unspecified atom stereocenters. The van der Waals surface area contributed by atoms with Crippen molar-refractivity contribution in [3.8, 4) is 5.75 Å². The number of ether oxygens (including phenoxy) is 1. The molecule has 1 aromatic rings. The number of hydrogen-bond donors (Lipinski definition) is 0. The molecule has 0 radical (unpaired) electrons. The number of fused-ring (bicyclic) bond motifs is 3. The normalized spacial score (nSPS) is 29.9. The van der Waals surface area contributed by atoms with Gasteiger partial charge < -0.3 is 4.74 Å². The second-order valence-electron chi connectivity index (χ2n) is 8.76. The third kappa shape index (κ3) is 2.28. The maximum Gasteiger partial charge on any atom is 0.122 e. The predicted molar refractivity (Wildman–Crippen MR) is 93.9 cm³/mol. The summed E-state index contributed by atoms with van der Waals surface area (Å²) in [5.74, 6) is 2.42. The van der Waals surface area contributed by atoms with Gasteiger partial charge in [0.1, 0.15) is 5.75 Å². The van der Waals surface area contributed by atoms with Crippen molar-refractivity contribution in [2.75, 3.05) is 7.11 Å². The predicted octanol–water partition coefficient (Wildman–Crippen LogP) is 5.85. The van der Waals surface area contributed by atoms with Gasteiger partial charge in [0.25, 0.3) is 0 Å². The van der Waals surface area contributed by atoms with E-state index in [-0.39, 0.29) is 0 Å². The SMILES string of the molecule is COc1cc2c(cc1C(C)C)CCC1C(C)(C)CCCC21C. The van der Waals surface area contributed by atoms with Gasteiger partial charge in [0.2, 0.25) is 0 Å². The first kappa shape index (κ1) is 15.9. The second kappa shape index (κ2) is 5.28. The lowest BCUT2D eigenvalue weighted by Gasteiger charge is -2.54. The molecule has 0 N–H and O–H groups in total. The van der Waals surface area contributed by atoms with Crippen molar-refractivity contribution >= 4 is 0 Å². The molecule has 0 spiro atoms. The fourth-order valence-corrected chi connectivity index (χ4v) is 5.46. The third-order valence-corrected chi connectivity index (χ3v) is 6.62. The molecule has 1 nitrogen and oxygen atoms in total. The van der Waals surface area contributed by atoms with Gasteiger partial charge in [0, 0.05) is 0 Å². The van der Waals surface area contributed by atoms with E-state index < -0.39 is 0 Å². The molecule has 122 valence electrons. The van der Waals surface area contributed by atoms with Gasteiger partial charge in [-0.2, -0.15) is 0 Å². The van der Waals surface area contributed by atoms with Crippen LogP contribution in [0.5, 0.6) is 5.75 Å². The zero-order valence-corrected chi connectivity index (χ0v) is 15.3. The van der Waals surface area contributed by atoms with Crippen molar-refractivity contribution in [2.24, 2.45) is 11.3 Å². The molecule has 0 aliphatic heterocycles. The Labute approximate surface area is 136 Å². The summed E-state index contributed by atoms with van der Waals surface area (Å²) in [6.07, 6.45) is 6.65. The average molecular weight is 300 g/mol. The number of hydrogen-bond acceptors (Lipinski definition) is 1. The summed E-state index contributed by atoms with van der Waals surface area (Å²) < 4.78 is 5.75. The van der Waals surface area contributed by atoms with Crippen LogP contribution in [0, 0.1) is 11.3 Å². The molecule has 0 amide bonds. The highest BCUT2D eigenvalue weighted by Gasteiger charge is 2.49. The summed E-state index contributed by atoms with van der Waals surface area (Å²) in [6, 6.07) is 4.83. The summed E-state index contributed by atoms with van der Waals surface area (Å²) in [5, 5.41) is 0. The zero-order valence-electron chi connectivity index (χ0n) is 15.3. The molecule has 1 aromatic carbocycles. The Morgan fingerprint density at radius 3 is 2.50 bits per heavy atom.